The summed E-state index contributed by atoms with van der Waals surface area (Å²) in [6.45, 7) is 1.92. The third-order valence-electron chi connectivity index (χ3n) is 8.07. The zero-order chi connectivity index (χ0) is 24.6. The van der Waals surface area contributed by atoms with Crippen molar-refractivity contribution in [3.8, 4) is 17.6 Å². The van der Waals surface area contributed by atoms with E-state index in [9.17, 15) is 5.26 Å². The molecule has 0 unspecified atom stereocenters. The van der Waals surface area contributed by atoms with E-state index < -0.39 is 0 Å². The fraction of sp³-hybridized carbons (Fsp3) is 0.480. The number of hydrogen-bond donors (Lipinski definition) is 1. The lowest BCUT2D eigenvalue weighted by Crippen LogP contribution is -2.45. The van der Waals surface area contributed by atoms with E-state index in [0.717, 1.165) is 84.6 Å². The summed E-state index contributed by atoms with van der Waals surface area (Å²) in [7, 11) is 2.11. The highest BCUT2D eigenvalue weighted by Crippen LogP contribution is 2.55. The van der Waals surface area contributed by atoms with Crippen LogP contribution in [0.5, 0.6) is 0 Å². The largest absolute Gasteiger partial charge is 0.389 e. The maximum absolute atomic E-state index is 9.96. The number of aromatic nitrogens is 5. The van der Waals surface area contributed by atoms with Crippen LogP contribution in [0.4, 0.5) is 5.00 Å². The Bertz CT molecular complexity index is 1550. The van der Waals surface area contributed by atoms with E-state index in [1.807, 2.05) is 17.1 Å². The topological polar surface area (TPSA) is 123 Å². The molecule has 1 atom stereocenters. The lowest BCUT2D eigenvalue weighted by molar-refractivity contribution is 0.133. The molecule has 11 heteroatoms. The highest BCUT2D eigenvalue weighted by Gasteiger charge is 2.48. The molecule has 3 aliphatic rings. The molecule has 0 amide bonds. The number of likely N-dealkylation sites (tertiary alicyclic amines) is 1. The van der Waals surface area contributed by atoms with Crippen LogP contribution in [0.25, 0.3) is 22.6 Å². The van der Waals surface area contributed by atoms with Gasteiger partial charge in [0.2, 0.25) is 0 Å². The first-order valence-electron chi connectivity index (χ1n) is 12.3. The Morgan fingerprint density at radius 2 is 2.06 bits per heavy atom. The van der Waals surface area contributed by atoms with E-state index in [-0.39, 0.29) is 5.41 Å². The molecule has 2 aliphatic carbocycles. The number of likely N-dealkylation sites (N-methyl/N-ethyl adjacent to an activating group) is 1. The van der Waals surface area contributed by atoms with Gasteiger partial charge in [-0.05, 0) is 57.4 Å². The average Bonchev–Trinajstić information content (AvgIpc) is 3.57. The van der Waals surface area contributed by atoms with Gasteiger partial charge in [-0.25, -0.2) is 14.6 Å². The van der Waals surface area contributed by atoms with Crippen LogP contribution in [-0.4, -0.2) is 56.2 Å². The normalized spacial score (nSPS) is 21.9. The summed E-state index contributed by atoms with van der Waals surface area (Å²) < 4.78 is 8.22. The third-order valence-corrected chi connectivity index (χ3v) is 9.85. The predicted octanol–water partition coefficient (Wildman–Crippen LogP) is 4.16. The smallest absolute Gasteiger partial charge is 0.185 e. The molecule has 0 bridgehead atoms. The molecule has 184 valence electrons. The van der Waals surface area contributed by atoms with Crippen LogP contribution in [0.15, 0.2) is 15.7 Å². The van der Waals surface area contributed by atoms with Gasteiger partial charge in [-0.1, -0.05) is 5.16 Å². The van der Waals surface area contributed by atoms with Crippen molar-refractivity contribution in [1.82, 2.24) is 29.8 Å². The van der Waals surface area contributed by atoms with E-state index in [0.29, 0.717) is 28.1 Å². The highest BCUT2D eigenvalue weighted by molar-refractivity contribution is 7.98. The van der Waals surface area contributed by atoms with Gasteiger partial charge in [-0.3, -0.25) is 0 Å². The van der Waals surface area contributed by atoms with Gasteiger partial charge in [0.1, 0.15) is 16.1 Å². The monoisotopic (exact) mass is 518 g/mol. The van der Waals surface area contributed by atoms with Crippen LogP contribution in [0.1, 0.15) is 59.1 Å². The molecule has 2 N–H and O–H groups in total. The number of nitrogen functional groups attached to an aromatic ring is 1. The van der Waals surface area contributed by atoms with Crippen LogP contribution in [-0.2, 0) is 18.3 Å². The molecular formula is C25H26N8OS2. The molecule has 5 heterocycles. The van der Waals surface area contributed by atoms with E-state index >= 15 is 0 Å². The van der Waals surface area contributed by atoms with E-state index in [4.69, 9.17) is 20.2 Å². The molecule has 4 aromatic heterocycles. The Hall–Kier alpha value is -2.94. The number of aryl methyl sites for hydroxylation is 1. The van der Waals surface area contributed by atoms with E-state index in [1.54, 1.807) is 23.1 Å². The molecule has 36 heavy (non-hydrogen) atoms. The lowest BCUT2D eigenvalue weighted by atomic mass is 9.63. The number of hydrogen-bond acceptors (Lipinski definition) is 10. The van der Waals surface area contributed by atoms with Gasteiger partial charge >= 0.3 is 0 Å². The van der Waals surface area contributed by atoms with Crippen LogP contribution in [0, 0.1) is 11.3 Å². The summed E-state index contributed by atoms with van der Waals surface area (Å²) in [5.41, 5.74) is 10.3. The van der Waals surface area contributed by atoms with Gasteiger partial charge in [-0.2, -0.15) is 10.4 Å². The third kappa shape index (κ3) is 2.98. The molecule has 1 spiro atoms. The number of nitriles is 1. The Labute approximate surface area is 216 Å². The van der Waals surface area contributed by atoms with Crippen LogP contribution in [0.3, 0.4) is 0 Å². The molecule has 1 saturated heterocycles. The fourth-order valence-electron chi connectivity index (χ4n) is 6.47. The first kappa shape index (κ1) is 22.3. The number of nitrogens with zero attached hydrogens (tertiary/aromatic N) is 7. The average molecular weight is 519 g/mol. The minimum absolute atomic E-state index is 0.313. The van der Waals surface area contributed by atoms with Gasteiger partial charge in [0.15, 0.2) is 22.9 Å². The van der Waals surface area contributed by atoms with Crippen molar-refractivity contribution >= 4 is 39.1 Å². The Morgan fingerprint density at radius 3 is 2.81 bits per heavy atom. The minimum Gasteiger partial charge on any atom is -0.389 e. The van der Waals surface area contributed by atoms with Crippen molar-refractivity contribution in [2.24, 2.45) is 0 Å². The lowest BCUT2D eigenvalue weighted by Gasteiger charge is -2.39. The number of thioether (sulfide) groups is 1. The molecule has 1 aliphatic heterocycles. The van der Waals surface area contributed by atoms with Gasteiger partial charge in [0.05, 0.1) is 28.6 Å². The minimum atomic E-state index is -0.351. The second-order valence-corrected chi connectivity index (χ2v) is 12.1. The number of nitrogens with two attached hydrogens (primary N) is 1. The molecule has 4 aromatic rings. The summed E-state index contributed by atoms with van der Waals surface area (Å²) in [5, 5.41) is 21.7. The predicted molar refractivity (Wildman–Crippen MR) is 139 cm³/mol. The van der Waals surface area contributed by atoms with Crippen molar-refractivity contribution in [3.05, 3.63) is 33.5 Å². The number of fused-ring (bicyclic) bond motifs is 5. The highest BCUT2D eigenvalue weighted by atomic mass is 32.2. The van der Waals surface area contributed by atoms with Gasteiger partial charge in [-0.15, -0.1) is 23.1 Å². The Balaban J connectivity index is 1.39. The maximum Gasteiger partial charge on any atom is 0.185 e. The first-order valence-corrected chi connectivity index (χ1v) is 14.4. The van der Waals surface area contributed by atoms with Crippen molar-refractivity contribution < 1.29 is 4.52 Å². The first-order chi connectivity index (χ1) is 17.5. The molecule has 9 nitrogen and oxygen atoms in total. The summed E-state index contributed by atoms with van der Waals surface area (Å²) in [6, 6.07) is 2.70. The molecule has 0 saturated carbocycles. The van der Waals surface area contributed by atoms with Crippen LogP contribution < -0.4 is 5.73 Å². The maximum atomic E-state index is 9.96. The quantitative estimate of drug-likeness (QED) is 0.314. The standard InChI is InChI=1S/C25H26N8OS2/c1-32-11-13(12-32)33-23-16(10-28-33)24(35-2)30-22(29-23)19-14-5-3-7-25(20(14)34-31-19)8-4-6-17-18(25)15(9-26)21(27)36-17/h10,13H,3-8,11-12,27H2,1-2H3/t25-/m0/s1. The van der Waals surface area contributed by atoms with Gasteiger partial charge in [0.25, 0.3) is 0 Å². The molecule has 0 aromatic carbocycles. The summed E-state index contributed by atoms with van der Waals surface area (Å²) in [5.74, 6) is 1.47. The zero-order valence-corrected chi connectivity index (χ0v) is 21.9. The van der Waals surface area contributed by atoms with Gasteiger partial charge < -0.3 is 15.2 Å². The number of thiophene rings is 1. The molecule has 1 fully saturated rings. The van der Waals surface area contributed by atoms with Crippen LogP contribution in [0.2, 0.25) is 0 Å². The van der Waals surface area contributed by atoms with Crippen molar-refractivity contribution in [2.45, 2.75) is 55.0 Å². The molecular weight excluding hydrogens is 492 g/mol. The SMILES string of the molecule is CSc1nc(-c2noc3c2CCC[C@@]32CCCc3sc(N)c(C#N)c32)nc2c1cnn2C1CN(C)C1. The fourth-order valence-corrected chi connectivity index (χ4v) is 8.17. The van der Waals surface area contributed by atoms with Crippen molar-refractivity contribution in [1.29, 1.82) is 5.26 Å². The Kier molecular flexibility index (Phi) is 4.97. The Morgan fingerprint density at radius 1 is 1.25 bits per heavy atom. The van der Waals surface area contributed by atoms with Crippen molar-refractivity contribution in [2.75, 3.05) is 32.1 Å². The van der Waals surface area contributed by atoms with Gasteiger partial charge in [0, 0.05) is 23.5 Å². The molecule has 7 rings (SSSR count). The summed E-state index contributed by atoms with van der Waals surface area (Å²) in [6.07, 6.45) is 9.63. The van der Waals surface area contributed by atoms with E-state index in [1.165, 1.54) is 4.88 Å². The number of rotatable bonds is 3. The summed E-state index contributed by atoms with van der Waals surface area (Å²) in [4.78, 5) is 13.4. The van der Waals surface area contributed by atoms with Crippen molar-refractivity contribution in [3.63, 3.8) is 0 Å². The second kappa shape index (κ2) is 8.03. The second-order valence-electron chi connectivity index (χ2n) is 10.1. The van der Waals surface area contributed by atoms with E-state index in [2.05, 4.69) is 28.3 Å². The van der Waals surface area contributed by atoms with Crippen LogP contribution >= 0.6 is 23.1 Å². The zero-order valence-electron chi connectivity index (χ0n) is 20.2. The summed E-state index contributed by atoms with van der Waals surface area (Å²) >= 11 is 3.16. The number of anilines is 1. The molecule has 0 radical (unpaired) electrons.